The number of benzene rings is 2. The van der Waals surface area contributed by atoms with Gasteiger partial charge in [0.15, 0.2) is 0 Å². The maximum absolute atomic E-state index is 12.5. The van der Waals surface area contributed by atoms with Crippen molar-refractivity contribution in [3.63, 3.8) is 0 Å². The van der Waals surface area contributed by atoms with E-state index in [2.05, 4.69) is 5.32 Å². The normalized spacial score (nSPS) is 14.4. The molecule has 6 nitrogen and oxygen atoms in total. The first-order chi connectivity index (χ1) is 13.6. The molecule has 0 saturated heterocycles. The molecule has 1 N–H and O–H groups in total. The summed E-state index contributed by atoms with van der Waals surface area (Å²) in [5, 5.41) is 2.89. The molecule has 6 heteroatoms. The molecule has 1 fully saturated rings. The first-order valence-electron chi connectivity index (χ1n) is 9.06. The van der Waals surface area contributed by atoms with E-state index in [1.165, 1.54) is 6.08 Å². The Morgan fingerprint density at radius 1 is 1.04 bits per heavy atom. The van der Waals surface area contributed by atoms with E-state index in [1.54, 1.807) is 62.8 Å². The molecule has 1 saturated carbocycles. The van der Waals surface area contributed by atoms with Gasteiger partial charge >= 0.3 is 5.97 Å². The van der Waals surface area contributed by atoms with Gasteiger partial charge in [-0.15, -0.1) is 0 Å². The van der Waals surface area contributed by atoms with Crippen molar-refractivity contribution in [3.8, 4) is 11.5 Å². The van der Waals surface area contributed by atoms with Crippen molar-refractivity contribution < 1.29 is 23.8 Å². The van der Waals surface area contributed by atoms with E-state index in [0.717, 1.165) is 12.8 Å². The standard InChI is InChI=1S/C22H23NO5/c1-26-18-12-15(13-19(14-18)27-2)8-11-20(24)28-21(16-6-4-3-5-7-16)22(25)23-17-9-10-17/h3-8,11-14,17,21H,9-10H2,1-2H3,(H,23,25)/b11-8+/t21-/m0/s1. The highest BCUT2D eigenvalue weighted by Crippen LogP contribution is 2.25. The Balaban J connectivity index is 1.72. The quantitative estimate of drug-likeness (QED) is 0.561. The van der Waals surface area contributed by atoms with Crippen molar-refractivity contribution in [1.82, 2.24) is 5.32 Å². The first-order valence-corrected chi connectivity index (χ1v) is 9.06. The van der Waals surface area contributed by atoms with Crippen molar-refractivity contribution in [2.45, 2.75) is 25.0 Å². The molecular weight excluding hydrogens is 358 g/mol. The lowest BCUT2D eigenvalue weighted by Crippen LogP contribution is -2.33. The van der Waals surface area contributed by atoms with Gasteiger partial charge in [0.2, 0.25) is 6.10 Å². The van der Waals surface area contributed by atoms with Crippen LogP contribution in [0.15, 0.2) is 54.6 Å². The van der Waals surface area contributed by atoms with E-state index in [0.29, 0.717) is 22.6 Å². The summed E-state index contributed by atoms with van der Waals surface area (Å²) in [6.07, 6.45) is 3.80. The number of nitrogens with one attached hydrogen (secondary N) is 1. The lowest BCUT2D eigenvalue weighted by Gasteiger charge is -2.17. The Kier molecular flexibility index (Phi) is 6.32. The Morgan fingerprint density at radius 3 is 2.25 bits per heavy atom. The molecular formula is C22H23NO5. The fourth-order valence-electron chi connectivity index (χ4n) is 2.65. The maximum Gasteiger partial charge on any atom is 0.331 e. The van der Waals surface area contributed by atoms with Crippen molar-refractivity contribution in [3.05, 3.63) is 65.7 Å². The van der Waals surface area contributed by atoms with Gasteiger partial charge in [-0.25, -0.2) is 4.79 Å². The summed E-state index contributed by atoms with van der Waals surface area (Å²) in [6.45, 7) is 0. The number of hydrogen-bond acceptors (Lipinski definition) is 5. The number of carbonyl (C=O) groups excluding carboxylic acids is 2. The van der Waals surface area contributed by atoms with Gasteiger partial charge in [-0.2, -0.15) is 0 Å². The Morgan fingerprint density at radius 2 is 1.68 bits per heavy atom. The van der Waals surface area contributed by atoms with Crippen LogP contribution in [-0.2, 0) is 14.3 Å². The topological polar surface area (TPSA) is 73.9 Å². The highest BCUT2D eigenvalue weighted by molar-refractivity contribution is 5.91. The minimum absolute atomic E-state index is 0.178. The summed E-state index contributed by atoms with van der Waals surface area (Å²) in [5.74, 6) is 0.303. The number of hydrogen-bond donors (Lipinski definition) is 1. The molecule has 0 spiro atoms. The van der Waals surface area contributed by atoms with Crippen LogP contribution in [0.4, 0.5) is 0 Å². The molecule has 28 heavy (non-hydrogen) atoms. The van der Waals surface area contributed by atoms with Gasteiger partial charge in [0.1, 0.15) is 11.5 Å². The van der Waals surface area contributed by atoms with Crippen LogP contribution in [0, 0.1) is 0 Å². The second kappa shape index (κ2) is 9.08. The molecule has 0 heterocycles. The molecule has 0 aliphatic heterocycles. The minimum Gasteiger partial charge on any atom is -0.497 e. The van der Waals surface area contributed by atoms with Gasteiger partial charge in [0, 0.05) is 23.7 Å². The molecule has 146 valence electrons. The summed E-state index contributed by atoms with van der Waals surface area (Å²) in [4.78, 5) is 24.9. The highest BCUT2D eigenvalue weighted by atomic mass is 16.5. The lowest BCUT2D eigenvalue weighted by molar-refractivity contribution is -0.151. The van der Waals surface area contributed by atoms with Crippen LogP contribution in [0.25, 0.3) is 6.08 Å². The molecule has 2 aromatic rings. The number of methoxy groups -OCH3 is 2. The molecule has 1 aliphatic carbocycles. The summed E-state index contributed by atoms with van der Waals surface area (Å²) in [5.41, 5.74) is 1.34. The van der Waals surface area contributed by atoms with Gasteiger partial charge in [-0.05, 0) is 36.6 Å². The highest BCUT2D eigenvalue weighted by Gasteiger charge is 2.30. The number of ether oxygens (including phenoxy) is 3. The molecule has 0 bridgehead atoms. The average molecular weight is 381 g/mol. The summed E-state index contributed by atoms with van der Waals surface area (Å²) >= 11 is 0. The summed E-state index contributed by atoms with van der Waals surface area (Å²) in [7, 11) is 3.11. The third-order valence-electron chi connectivity index (χ3n) is 4.28. The molecule has 1 atom stereocenters. The molecule has 0 aromatic heterocycles. The zero-order valence-corrected chi connectivity index (χ0v) is 15.9. The van der Waals surface area contributed by atoms with Gasteiger partial charge in [-0.3, -0.25) is 4.79 Å². The molecule has 3 rings (SSSR count). The summed E-state index contributed by atoms with van der Waals surface area (Å²) < 4.78 is 15.9. The van der Waals surface area contributed by atoms with Gasteiger partial charge in [0.25, 0.3) is 5.91 Å². The molecule has 1 aliphatic rings. The number of amides is 1. The zero-order chi connectivity index (χ0) is 19.9. The fourth-order valence-corrected chi connectivity index (χ4v) is 2.65. The molecule has 0 unspecified atom stereocenters. The van der Waals surface area contributed by atoms with E-state index in [9.17, 15) is 9.59 Å². The SMILES string of the molecule is COc1cc(/C=C/C(=O)O[C@H](C(=O)NC2CC2)c2ccccc2)cc(OC)c1. The third-order valence-corrected chi connectivity index (χ3v) is 4.28. The van der Waals surface area contributed by atoms with Crippen molar-refractivity contribution in [1.29, 1.82) is 0 Å². The Labute approximate surface area is 164 Å². The number of esters is 1. The Bertz CT molecular complexity index is 836. The van der Waals surface area contributed by atoms with Gasteiger partial charge in [0.05, 0.1) is 14.2 Å². The van der Waals surface area contributed by atoms with E-state index in [4.69, 9.17) is 14.2 Å². The van der Waals surface area contributed by atoms with Crippen LogP contribution in [0.3, 0.4) is 0 Å². The van der Waals surface area contributed by atoms with E-state index < -0.39 is 12.1 Å². The fraction of sp³-hybridized carbons (Fsp3) is 0.273. The second-order valence-electron chi connectivity index (χ2n) is 6.49. The average Bonchev–Trinajstić information content (AvgIpc) is 3.54. The van der Waals surface area contributed by atoms with Crippen molar-refractivity contribution >= 4 is 18.0 Å². The third kappa shape index (κ3) is 5.36. The van der Waals surface area contributed by atoms with Crippen LogP contribution in [0.5, 0.6) is 11.5 Å². The lowest BCUT2D eigenvalue weighted by atomic mass is 10.1. The first kappa shape index (κ1) is 19.5. The predicted molar refractivity (Wildman–Crippen MR) is 105 cm³/mol. The van der Waals surface area contributed by atoms with E-state index in [-0.39, 0.29) is 11.9 Å². The largest absolute Gasteiger partial charge is 0.497 e. The van der Waals surface area contributed by atoms with Crippen molar-refractivity contribution in [2.75, 3.05) is 14.2 Å². The molecule has 0 radical (unpaired) electrons. The second-order valence-corrected chi connectivity index (χ2v) is 6.49. The summed E-state index contributed by atoms with van der Waals surface area (Å²) in [6, 6.07) is 14.4. The maximum atomic E-state index is 12.5. The molecule has 1 amide bonds. The van der Waals surface area contributed by atoms with E-state index >= 15 is 0 Å². The van der Waals surface area contributed by atoms with Crippen LogP contribution in [-0.4, -0.2) is 32.1 Å². The van der Waals surface area contributed by atoms with Crippen LogP contribution in [0.1, 0.15) is 30.1 Å². The number of rotatable bonds is 8. The monoisotopic (exact) mass is 381 g/mol. The zero-order valence-electron chi connectivity index (χ0n) is 15.9. The van der Waals surface area contributed by atoms with Crippen LogP contribution < -0.4 is 14.8 Å². The van der Waals surface area contributed by atoms with E-state index in [1.807, 2.05) is 6.07 Å². The van der Waals surface area contributed by atoms with Crippen molar-refractivity contribution in [2.24, 2.45) is 0 Å². The van der Waals surface area contributed by atoms with Crippen LogP contribution in [0.2, 0.25) is 0 Å². The van der Waals surface area contributed by atoms with Gasteiger partial charge in [-0.1, -0.05) is 30.3 Å². The van der Waals surface area contributed by atoms with Crippen LogP contribution >= 0.6 is 0 Å². The Hall–Kier alpha value is -3.28. The number of carbonyl (C=O) groups is 2. The van der Waals surface area contributed by atoms with Gasteiger partial charge < -0.3 is 19.5 Å². The minimum atomic E-state index is -0.987. The molecule has 2 aromatic carbocycles. The predicted octanol–water partition coefficient (Wildman–Crippen LogP) is 3.28. The smallest absolute Gasteiger partial charge is 0.331 e.